The predicted molar refractivity (Wildman–Crippen MR) is 38.2 cm³/mol. The molecule has 0 saturated carbocycles. The highest BCUT2D eigenvalue weighted by atomic mass is 79.9. The lowest BCUT2D eigenvalue weighted by molar-refractivity contribution is -0.120. The summed E-state index contributed by atoms with van der Waals surface area (Å²) in [6.45, 7) is 5.66. The summed E-state index contributed by atoms with van der Waals surface area (Å²) >= 11 is 3.19. The van der Waals surface area contributed by atoms with Crippen LogP contribution < -0.4 is 0 Å². The van der Waals surface area contributed by atoms with E-state index >= 15 is 0 Å². The maximum Gasteiger partial charge on any atom is 0.148 e. The number of rotatable bonds is 2. The summed E-state index contributed by atoms with van der Waals surface area (Å²) in [5.74, 6) is 0.425. The number of ketones is 1. The first kappa shape index (κ1) is 8.15. The average molecular weight is 179 g/mol. The Hall–Kier alpha value is 0.150. The first-order valence-electron chi connectivity index (χ1n) is 2.73. The van der Waals surface area contributed by atoms with E-state index in [1.807, 2.05) is 20.8 Å². The van der Waals surface area contributed by atoms with Crippen molar-refractivity contribution in [3.8, 4) is 0 Å². The van der Waals surface area contributed by atoms with Gasteiger partial charge in [0, 0.05) is 5.92 Å². The fourth-order valence-corrected chi connectivity index (χ4v) is 0.988. The minimum Gasteiger partial charge on any atom is -0.298 e. The molecule has 0 aromatic carbocycles. The quantitative estimate of drug-likeness (QED) is 0.592. The molecule has 0 heterocycles. The van der Waals surface area contributed by atoms with Gasteiger partial charge >= 0.3 is 0 Å². The van der Waals surface area contributed by atoms with Gasteiger partial charge in [0.2, 0.25) is 0 Å². The lowest BCUT2D eigenvalue weighted by atomic mass is 10.1. The molecule has 0 fully saturated rings. The number of halogens is 1. The Kier molecular flexibility index (Phi) is 3.29. The summed E-state index contributed by atoms with van der Waals surface area (Å²) in [6.07, 6.45) is 0. The first-order valence-corrected chi connectivity index (χ1v) is 3.65. The maximum absolute atomic E-state index is 10.8. The number of hydrogen-bond acceptors (Lipinski definition) is 1. The molecule has 1 atom stereocenters. The van der Waals surface area contributed by atoms with E-state index in [1.54, 1.807) is 0 Å². The van der Waals surface area contributed by atoms with Crippen LogP contribution in [0.4, 0.5) is 0 Å². The van der Waals surface area contributed by atoms with Crippen molar-refractivity contribution in [2.24, 2.45) is 5.92 Å². The van der Waals surface area contributed by atoms with Gasteiger partial charge in [0.15, 0.2) is 0 Å². The van der Waals surface area contributed by atoms with Crippen LogP contribution in [0.3, 0.4) is 0 Å². The fourth-order valence-electron chi connectivity index (χ4n) is 0.459. The second-order valence-corrected chi connectivity index (χ2v) is 3.55. The van der Waals surface area contributed by atoms with E-state index in [2.05, 4.69) is 15.9 Å². The molecule has 1 nitrogen and oxygen atoms in total. The number of alkyl halides is 1. The summed E-state index contributed by atoms with van der Waals surface area (Å²) in [5.41, 5.74) is 0. The predicted octanol–water partition coefficient (Wildman–Crippen LogP) is 1.99. The topological polar surface area (TPSA) is 17.1 Å². The minimum atomic E-state index is 0.0162. The van der Waals surface area contributed by atoms with Crippen molar-refractivity contribution in [1.82, 2.24) is 0 Å². The van der Waals surface area contributed by atoms with Crippen molar-refractivity contribution in [2.75, 3.05) is 0 Å². The minimum absolute atomic E-state index is 0.0162. The first-order chi connectivity index (χ1) is 3.55. The van der Waals surface area contributed by atoms with E-state index in [-0.39, 0.29) is 16.5 Å². The van der Waals surface area contributed by atoms with Crippen LogP contribution in [0.5, 0.6) is 0 Å². The van der Waals surface area contributed by atoms with Crippen LogP contribution in [0.15, 0.2) is 0 Å². The van der Waals surface area contributed by atoms with Crippen molar-refractivity contribution in [3.63, 3.8) is 0 Å². The molecule has 0 saturated heterocycles. The van der Waals surface area contributed by atoms with E-state index in [0.717, 1.165) is 0 Å². The van der Waals surface area contributed by atoms with Crippen LogP contribution in [0.2, 0.25) is 0 Å². The van der Waals surface area contributed by atoms with Crippen molar-refractivity contribution in [1.29, 1.82) is 0 Å². The van der Waals surface area contributed by atoms with E-state index in [9.17, 15) is 4.79 Å². The van der Waals surface area contributed by atoms with Gasteiger partial charge in [-0.15, -0.1) is 0 Å². The number of hydrogen-bond donors (Lipinski definition) is 0. The number of carbonyl (C=O) groups is 1. The number of carbonyl (C=O) groups excluding carboxylic acids is 1. The second kappa shape index (κ2) is 3.23. The van der Waals surface area contributed by atoms with Crippen LogP contribution in [0, 0.1) is 5.92 Å². The molecule has 0 spiro atoms. The average Bonchev–Trinajstić information content (AvgIpc) is 1.64. The Labute approximate surface area is 58.6 Å². The zero-order valence-electron chi connectivity index (χ0n) is 5.44. The molecule has 0 bridgehead atoms. The molecule has 0 amide bonds. The van der Waals surface area contributed by atoms with Gasteiger partial charge in [0.1, 0.15) is 5.78 Å². The smallest absolute Gasteiger partial charge is 0.148 e. The molecule has 0 aliphatic carbocycles. The molecule has 48 valence electrons. The molecule has 0 aliphatic rings. The highest BCUT2D eigenvalue weighted by Gasteiger charge is 2.11. The molecular weight excluding hydrogens is 168 g/mol. The molecule has 0 aromatic heterocycles. The summed E-state index contributed by atoms with van der Waals surface area (Å²) < 4.78 is 0. The van der Waals surface area contributed by atoms with E-state index in [4.69, 9.17) is 0 Å². The van der Waals surface area contributed by atoms with Crippen LogP contribution in [-0.4, -0.2) is 10.6 Å². The van der Waals surface area contributed by atoms with Crippen LogP contribution in [0.1, 0.15) is 20.8 Å². The Morgan fingerprint density at radius 1 is 1.38 bits per heavy atom. The highest BCUT2D eigenvalue weighted by molar-refractivity contribution is 9.10. The summed E-state index contributed by atoms with van der Waals surface area (Å²) in [6, 6.07) is 0. The van der Waals surface area contributed by atoms with Crippen LogP contribution in [0.25, 0.3) is 0 Å². The lowest BCUT2D eigenvalue weighted by Crippen LogP contribution is -2.15. The molecule has 0 N–H and O–H groups in total. The van der Waals surface area contributed by atoms with Gasteiger partial charge in [-0.25, -0.2) is 0 Å². The van der Waals surface area contributed by atoms with E-state index in [1.165, 1.54) is 0 Å². The molecule has 0 aliphatic heterocycles. The van der Waals surface area contributed by atoms with Crippen molar-refractivity contribution in [2.45, 2.75) is 25.6 Å². The Balaban J connectivity index is 3.65. The van der Waals surface area contributed by atoms with Gasteiger partial charge in [0.05, 0.1) is 4.83 Å². The van der Waals surface area contributed by atoms with Gasteiger partial charge in [-0.1, -0.05) is 29.8 Å². The van der Waals surface area contributed by atoms with Gasteiger partial charge in [-0.2, -0.15) is 0 Å². The molecule has 8 heavy (non-hydrogen) atoms. The second-order valence-electron chi connectivity index (χ2n) is 2.17. The third-order valence-electron chi connectivity index (χ3n) is 0.961. The Morgan fingerprint density at radius 2 is 1.75 bits per heavy atom. The molecule has 0 aromatic rings. The SMILES string of the molecule is CC(C)C(=O)[C@H](C)Br. The third-order valence-corrected chi connectivity index (χ3v) is 1.41. The van der Waals surface area contributed by atoms with E-state index < -0.39 is 0 Å². The third kappa shape index (κ3) is 2.46. The van der Waals surface area contributed by atoms with Gasteiger partial charge in [0.25, 0.3) is 0 Å². The summed E-state index contributed by atoms with van der Waals surface area (Å²) in [4.78, 5) is 10.8. The van der Waals surface area contributed by atoms with Gasteiger partial charge in [-0.3, -0.25) is 4.79 Å². The monoisotopic (exact) mass is 178 g/mol. The van der Waals surface area contributed by atoms with Crippen LogP contribution in [-0.2, 0) is 4.79 Å². The standard InChI is InChI=1S/C6H11BrO/c1-4(2)6(8)5(3)7/h4-5H,1-3H3/t5-/m0/s1. The van der Waals surface area contributed by atoms with E-state index in [0.29, 0.717) is 0 Å². The Bertz CT molecular complexity index is 76.5. The van der Waals surface area contributed by atoms with Gasteiger partial charge in [-0.05, 0) is 6.92 Å². The number of Topliss-reactive ketones (excluding diaryl/α,β-unsaturated/α-hetero) is 1. The normalized spacial score (nSPS) is 14.1. The molecular formula is C6H11BrO. The summed E-state index contributed by atoms with van der Waals surface area (Å²) in [7, 11) is 0. The summed E-state index contributed by atoms with van der Waals surface area (Å²) in [5, 5.41) is 0. The maximum atomic E-state index is 10.8. The zero-order chi connectivity index (χ0) is 6.73. The van der Waals surface area contributed by atoms with Gasteiger partial charge < -0.3 is 0 Å². The lowest BCUT2D eigenvalue weighted by Gasteiger charge is -2.03. The zero-order valence-corrected chi connectivity index (χ0v) is 7.03. The molecule has 0 radical (unpaired) electrons. The van der Waals surface area contributed by atoms with Crippen molar-refractivity contribution < 1.29 is 4.79 Å². The molecule has 2 heteroatoms. The molecule has 0 unspecified atom stereocenters. The van der Waals surface area contributed by atoms with Crippen LogP contribution >= 0.6 is 15.9 Å². The van der Waals surface area contributed by atoms with Crippen molar-refractivity contribution in [3.05, 3.63) is 0 Å². The largest absolute Gasteiger partial charge is 0.298 e. The Morgan fingerprint density at radius 3 is 1.75 bits per heavy atom. The fraction of sp³-hybridized carbons (Fsp3) is 0.833. The van der Waals surface area contributed by atoms with Crippen molar-refractivity contribution >= 4 is 21.7 Å². The highest BCUT2D eigenvalue weighted by Crippen LogP contribution is 2.06. The molecule has 0 rings (SSSR count).